The first-order valence-corrected chi connectivity index (χ1v) is 4.57. The second-order valence-electron chi connectivity index (χ2n) is 3.22. The molecule has 0 spiro atoms. The topological polar surface area (TPSA) is 78.3 Å². The molecule has 0 radical (unpaired) electrons. The van der Waals surface area contributed by atoms with Gasteiger partial charge in [0.2, 0.25) is 5.91 Å². The molecule has 16 heavy (non-hydrogen) atoms. The van der Waals surface area contributed by atoms with E-state index >= 15 is 0 Å². The van der Waals surface area contributed by atoms with Gasteiger partial charge in [0.15, 0.2) is 0 Å². The molecule has 6 heteroatoms. The molecule has 0 aliphatic heterocycles. The summed E-state index contributed by atoms with van der Waals surface area (Å²) in [5, 5.41) is 0. The standard InChI is InChI=1S/C10H12F2N2O2/c11-10(12)16-7-3-1-6(2-4-7)8(13)5-9(14)15/h1-4,8,10H,5,13H2,(H2,14,15). The Morgan fingerprint density at radius 1 is 1.31 bits per heavy atom. The largest absolute Gasteiger partial charge is 0.435 e. The number of alkyl halides is 2. The van der Waals surface area contributed by atoms with Gasteiger partial charge >= 0.3 is 6.61 Å². The molecule has 1 aromatic rings. The highest BCUT2D eigenvalue weighted by Crippen LogP contribution is 2.19. The van der Waals surface area contributed by atoms with E-state index in [1.165, 1.54) is 24.3 Å². The summed E-state index contributed by atoms with van der Waals surface area (Å²) in [5.41, 5.74) is 11.3. The van der Waals surface area contributed by atoms with E-state index in [9.17, 15) is 13.6 Å². The third-order valence-electron chi connectivity index (χ3n) is 1.95. The number of nitrogens with two attached hydrogens (primary N) is 2. The average molecular weight is 230 g/mol. The van der Waals surface area contributed by atoms with Gasteiger partial charge in [-0.25, -0.2) is 0 Å². The molecular formula is C10H12F2N2O2. The molecule has 4 nitrogen and oxygen atoms in total. The number of benzene rings is 1. The first kappa shape index (κ1) is 12.4. The Bertz CT molecular complexity index is 354. The molecule has 4 N–H and O–H groups in total. The van der Waals surface area contributed by atoms with E-state index in [-0.39, 0.29) is 12.2 Å². The minimum Gasteiger partial charge on any atom is -0.435 e. The van der Waals surface area contributed by atoms with Crippen LogP contribution < -0.4 is 16.2 Å². The second kappa shape index (κ2) is 5.41. The van der Waals surface area contributed by atoms with E-state index in [1.807, 2.05) is 0 Å². The maximum absolute atomic E-state index is 11.8. The number of rotatable bonds is 5. The lowest BCUT2D eigenvalue weighted by Gasteiger charge is -2.10. The van der Waals surface area contributed by atoms with Crippen LogP contribution in [0.15, 0.2) is 24.3 Å². The summed E-state index contributed by atoms with van der Waals surface area (Å²) < 4.78 is 27.9. The highest BCUT2D eigenvalue weighted by molar-refractivity contribution is 5.74. The summed E-state index contributed by atoms with van der Waals surface area (Å²) >= 11 is 0. The number of amides is 1. The van der Waals surface area contributed by atoms with Crippen LogP contribution in [0, 0.1) is 0 Å². The molecule has 0 saturated heterocycles. The number of primary amides is 1. The third-order valence-corrected chi connectivity index (χ3v) is 1.95. The van der Waals surface area contributed by atoms with Gasteiger partial charge in [0.05, 0.1) is 0 Å². The molecular weight excluding hydrogens is 218 g/mol. The molecule has 1 aromatic carbocycles. The molecule has 1 rings (SSSR count). The molecule has 88 valence electrons. The molecule has 0 aliphatic rings. The minimum absolute atomic E-state index is 0.00898. The molecule has 0 aromatic heterocycles. The highest BCUT2D eigenvalue weighted by atomic mass is 19.3. The Hall–Kier alpha value is -1.69. The van der Waals surface area contributed by atoms with Crippen LogP contribution in [0.2, 0.25) is 0 Å². The molecule has 0 fully saturated rings. The van der Waals surface area contributed by atoms with Gasteiger partial charge in [-0.2, -0.15) is 8.78 Å². The zero-order chi connectivity index (χ0) is 12.1. The Morgan fingerprint density at radius 2 is 1.88 bits per heavy atom. The van der Waals surface area contributed by atoms with E-state index in [0.717, 1.165) is 0 Å². The summed E-state index contributed by atoms with van der Waals surface area (Å²) in [6, 6.07) is 5.24. The van der Waals surface area contributed by atoms with Gasteiger partial charge in [-0.3, -0.25) is 4.79 Å². The number of carbonyl (C=O) groups excluding carboxylic acids is 1. The second-order valence-corrected chi connectivity index (χ2v) is 3.22. The summed E-state index contributed by atoms with van der Waals surface area (Å²) in [6.45, 7) is -2.86. The number of hydrogen-bond donors (Lipinski definition) is 2. The van der Waals surface area contributed by atoms with Crippen LogP contribution in [0.3, 0.4) is 0 Å². The zero-order valence-electron chi connectivity index (χ0n) is 8.40. The van der Waals surface area contributed by atoms with Gasteiger partial charge in [-0.1, -0.05) is 12.1 Å². The minimum atomic E-state index is -2.86. The lowest BCUT2D eigenvalue weighted by Crippen LogP contribution is -2.20. The van der Waals surface area contributed by atoms with E-state index in [2.05, 4.69) is 4.74 Å². The van der Waals surface area contributed by atoms with Crippen molar-refractivity contribution in [3.8, 4) is 5.75 Å². The number of carbonyl (C=O) groups is 1. The molecule has 1 unspecified atom stereocenters. The summed E-state index contributed by atoms with van der Waals surface area (Å²) in [4.78, 5) is 10.6. The van der Waals surface area contributed by atoms with Crippen LogP contribution in [0.4, 0.5) is 8.78 Å². The maximum atomic E-state index is 11.8. The van der Waals surface area contributed by atoms with Crippen LogP contribution in [-0.4, -0.2) is 12.5 Å². The van der Waals surface area contributed by atoms with Crippen molar-refractivity contribution >= 4 is 5.91 Å². The van der Waals surface area contributed by atoms with Gasteiger partial charge in [0, 0.05) is 12.5 Å². The Balaban J connectivity index is 2.66. The fraction of sp³-hybridized carbons (Fsp3) is 0.300. The zero-order valence-corrected chi connectivity index (χ0v) is 8.40. The predicted octanol–water partition coefficient (Wildman–Crippen LogP) is 1.16. The van der Waals surface area contributed by atoms with Crippen molar-refractivity contribution in [1.29, 1.82) is 0 Å². The lowest BCUT2D eigenvalue weighted by atomic mass is 10.0. The fourth-order valence-electron chi connectivity index (χ4n) is 1.23. The average Bonchev–Trinajstić information content (AvgIpc) is 2.16. The molecule has 1 amide bonds. The van der Waals surface area contributed by atoms with Gasteiger partial charge < -0.3 is 16.2 Å². The molecule has 0 heterocycles. The highest BCUT2D eigenvalue weighted by Gasteiger charge is 2.10. The normalized spacial score (nSPS) is 12.5. The van der Waals surface area contributed by atoms with Crippen LogP contribution >= 0.6 is 0 Å². The molecule has 0 bridgehead atoms. The molecule has 1 atom stereocenters. The smallest absolute Gasteiger partial charge is 0.387 e. The Kier molecular flexibility index (Phi) is 4.19. The van der Waals surface area contributed by atoms with E-state index in [1.54, 1.807) is 0 Å². The third kappa shape index (κ3) is 3.82. The van der Waals surface area contributed by atoms with Gasteiger partial charge in [0.25, 0.3) is 0 Å². The first-order valence-electron chi connectivity index (χ1n) is 4.57. The maximum Gasteiger partial charge on any atom is 0.387 e. The van der Waals surface area contributed by atoms with Crippen molar-refractivity contribution in [1.82, 2.24) is 0 Å². The quantitative estimate of drug-likeness (QED) is 0.796. The van der Waals surface area contributed by atoms with E-state index in [4.69, 9.17) is 11.5 Å². The van der Waals surface area contributed by atoms with Crippen LogP contribution in [-0.2, 0) is 4.79 Å². The van der Waals surface area contributed by atoms with Crippen molar-refractivity contribution in [2.45, 2.75) is 19.1 Å². The molecule has 0 saturated carbocycles. The van der Waals surface area contributed by atoms with Gasteiger partial charge in [-0.05, 0) is 17.7 Å². The van der Waals surface area contributed by atoms with Crippen molar-refractivity contribution in [3.05, 3.63) is 29.8 Å². The SMILES string of the molecule is NC(=O)CC(N)c1ccc(OC(F)F)cc1. The number of ether oxygens (including phenoxy) is 1. The number of hydrogen-bond acceptors (Lipinski definition) is 3. The van der Waals surface area contributed by atoms with Crippen molar-refractivity contribution in [2.24, 2.45) is 11.5 Å². The van der Waals surface area contributed by atoms with Crippen molar-refractivity contribution in [2.75, 3.05) is 0 Å². The Morgan fingerprint density at radius 3 is 2.31 bits per heavy atom. The van der Waals surface area contributed by atoms with Crippen molar-refractivity contribution < 1.29 is 18.3 Å². The fourth-order valence-corrected chi connectivity index (χ4v) is 1.23. The van der Waals surface area contributed by atoms with E-state index < -0.39 is 18.6 Å². The van der Waals surface area contributed by atoms with Gasteiger partial charge in [0.1, 0.15) is 5.75 Å². The first-order chi connectivity index (χ1) is 7.49. The van der Waals surface area contributed by atoms with E-state index in [0.29, 0.717) is 5.56 Å². The Labute approximate surface area is 91.2 Å². The van der Waals surface area contributed by atoms with Crippen LogP contribution in [0.1, 0.15) is 18.0 Å². The van der Waals surface area contributed by atoms with Crippen molar-refractivity contribution in [3.63, 3.8) is 0 Å². The monoisotopic (exact) mass is 230 g/mol. The van der Waals surface area contributed by atoms with Crippen LogP contribution in [0.5, 0.6) is 5.75 Å². The van der Waals surface area contributed by atoms with Crippen LogP contribution in [0.25, 0.3) is 0 Å². The molecule has 0 aliphatic carbocycles. The number of halogens is 2. The summed E-state index contributed by atoms with van der Waals surface area (Å²) in [7, 11) is 0. The summed E-state index contributed by atoms with van der Waals surface area (Å²) in [5.74, 6) is -0.467. The lowest BCUT2D eigenvalue weighted by molar-refractivity contribution is -0.118. The predicted molar refractivity (Wildman–Crippen MR) is 53.8 cm³/mol. The van der Waals surface area contributed by atoms with Gasteiger partial charge in [-0.15, -0.1) is 0 Å². The summed E-state index contributed by atoms with van der Waals surface area (Å²) in [6.07, 6.45) is 0.00898.